The Morgan fingerprint density at radius 2 is 2.24 bits per heavy atom. The number of aromatic nitrogens is 2. The number of amides is 2. The fourth-order valence-corrected chi connectivity index (χ4v) is 3.72. The first-order valence-electron chi connectivity index (χ1n) is 9.49. The summed E-state index contributed by atoms with van der Waals surface area (Å²) < 4.78 is 18.5. The third-order valence-corrected chi connectivity index (χ3v) is 5.68. The lowest BCUT2D eigenvalue weighted by Crippen LogP contribution is -2.53. The Morgan fingerprint density at radius 1 is 1.48 bits per heavy atom. The van der Waals surface area contributed by atoms with Crippen LogP contribution in [0.5, 0.6) is 0 Å². The lowest BCUT2D eigenvalue weighted by Gasteiger charge is -2.36. The third-order valence-electron chi connectivity index (χ3n) is 5.39. The van der Waals surface area contributed by atoms with Crippen molar-refractivity contribution < 1.29 is 18.7 Å². The molecule has 9 heteroatoms. The number of carbonyl (C=O) groups excluding carboxylic acids is 2. The number of hydrogen-bond donors (Lipinski definition) is 2. The van der Waals surface area contributed by atoms with Crippen molar-refractivity contribution in [3.05, 3.63) is 52.3 Å². The highest BCUT2D eigenvalue weighted by molar-refractivity contribution is 6.30. The quantitative estimate of drug-likeness (QED) is 0.722. The highest BCUT2D eigenvalue weighted by Crippen LogP contribution is 2.35. The Kier molecular flexibility index (Phi) is 6.42. The summed E-state index contributed by atoms with van der Waals surface area (Å²) in [6, 6.07) is 2.61. The smallest absolute Gasteiger partial charge is 0.328 e. The third kappa shape index (κ3) is 4.22. The van der Waals surface area contributed by atoms with Gasteiger partial charge in [-0.1, -0.05) is 37.9 Å². The molecule has 0 fully saturated rings. The standard InChI is InChI=1S/C20H24ClFN4O3/c1-4-11(2)16(19(27)29-3)25-20(28)26-8-7-15-17(24-10-23-15)18(26)12-5-6-14(22)13(21)9-12/h5-6,9-11,16,18H,4,7-8H2,1-3H3,(H,23,24)(H,25,28)/t11-,16+,18?/m1/s1. The number of urea groups is 1. The average Bonchev–Trinajstić information content (AvgIpc) is 3.20. The van der Waals surface area contributed by atoms with E-state index in [4.69, 9.17) is 16.3 Å². The monoisotopic (exact) mass is 422 g/mol. The summed E-state index contributed by atoms with van der Waals surface area (Å²) in [5, 5.41) is 2.77. The van der Waals surface area contributed by atoms with Crippen LogP contribution in [0.2, 0.25) is 5.02 Å². The van der Waals surface area contributed by atoms with E-state index in [1.807, 2.05) is 13.8 Å². The zero-order valence-electron chi connectivity index (χ0n) is 16.5. The van der Waals surface area contributed by atoms with Crippen molar-refractivity contribution in [1.82, 2.24) is 20.2 Å². The van der Waals surface area contributed by atoms with Crippen LogP contribution in [0.4, 0.5) is 9.18 Å². The second-order valence-corrected chi connectivity index (χ2v) is 7.53. The number of H-pyrrole nitrogens is 1. The van der Waals surface area contributed by atoms with Crippen LogP contribution in [0.25, 0.3) is 0 Å². The molecular formula is C20H24ClFN4O3. The van der Waals surface area contributed by atoms with Crippen molar-refractivity contribution in [3.63, 3.8) is 0 Å². The molecule has 2 amide bonds. The van der Waals surface area contributed by atoms with Crippen LogP contribution in [0.1, 0.15) is 43.3 Å². The van der Waals surface area contributed by atoms with Crippen LogP contribution in [-0.2, 0) is 16.0 Å². The van der Waals surface area contributed by atoms with Crippen molar-refractivity contribution in [2.45, 2.75) is 38.8 Å². The number of fused-ring (bicyclic) bond motifs is 1. The lowest BCUT2D eigenvalue weighted by atomic mass is 9.95. The van der Waals surface area contributed by atoms with Crippen molar-refractivity contribution in [2.75, 3.05) is 13.7 Å². The van der Waals surface area contributed by atoms with Gasteiger partial charge >= 0.3 is 12.0 Å². The summed E-state index contributed by atoms with van der Waals surface area (Å²) in [5.41, 5.74) is 2.22. The molecule has 3 atom stereocenters. The first-order chi connectivity index (χ1) is 13.9. The number of nitrogens with zero attached hydrogens (tertiary/aromatic N) is 2. The van der Waals surface area contributed by atoms with Gasteiger partial charge in [-0.05, 0) is 23.6 Å². The average molecular weight is 423 g/mol. The van der Waals surface area contributed by atoms with E-state index in [0.29, 0.717) is 30.6 Å². The lowest BCUT2D eigenvalue weighted by molar-refractivity contribution is -0.144. The number of hydrogen-bond acceptors (Lipinski definition) is 4. The fourth-order valence-electron chi connectivity index (χ4n) is 3.53. The Labute approximate surface area is 173 Å². The van der Waals surface area contributed by atoms with Crippen LogP contribution in [0, 0.1) is 11.7 Å². The van der Waals surface area contributed by atoms with E-state index in [-0.39, 0.29) is 10.9 Å². The molecule has 1 unspecified atom stereocenters. The van der Waals surface area contributed by atoms with Crippen molar-refractivity contribution in [1.29, 1.82) is 0 Å². The Hall–Kier alpha value is -2.61. The molecule has 1 aromatic heterocycles. The van der Waals surface area contributed by atoms with Crippen LogP contribution < -0.4 is 5.32 Å². The molecule has 0 spiro atoms. The van der Waals surface area contributed by atoms with Crippen molar-refractivity contribution >= 4 is 23.6 Å². The molecule has 29 heavy (non-hydrogen) atoms. The fraction of sp³-hybridized carbons (Fsp3) is 0.450. The highest BCUT2D eigenvalue weighted by atomic mass is 35.5. The number of rotatable bonds is 5. The number of esters is 1. The molecular weight excluding hydrogens is 399 g/mol. The second kappa shape index (κ2) is 8.82. The second-order valence-electron chi connectivity index (χ2n) is 7.12. The molecule has 1 aromatic carbocycles. The van der Waals surface area contributed by atoms with Crippen LogP contribution in [0.15, 0.2) is 24.5 Å². The first kappa shape index (κ1) is 21.1. The molecule has 2 N–H and O–H groups in total. The van der Waals surface area contributed by atoms with Crippen LogP contribution >= 0.6 is 11.6 Å². The molecule has 1 aliphatic rings. The normalized spacial score (nSPS) is 18.0. The van der Waals surface area contributed by atoms with Crippen molar-refractivity contribution in [2.24, 2.45) is 5.92 Å². The molecule has 0 saturated heterocycles. The van der Waals surface area contributed by atoms with Gasteiger partial charge in [-0.3, -0.25) is 0 Å². The molecule has 2 aromatic rings. The number of carbonyl (C=O) groups is 2. The van der Waals surface area contributed by atoms with Gasteiger partial charge in [0.2, 0.25) is 0 Å². The number of methoxy groups -OCH3 is 1. The molecule has 0 saturated carbocycles. The summed E-state index contributed by atoms with van der Waals surface area (Å²) >= 11 is 5.98. The SMILES string of the molecule is CC[C@@H](C)[C@H](NC(=O)N1CCc2[nH]cnc2C1c1ccc(F)c(Cl)c1)C(=O)OC. The summed E-state index contributed by atoms with van der Waals surface area (Å²) in [7, 11) is 1.30. The first-order valence-corrected chi connectivity index (χ1v) is 9.87. The van der Waals surface area contributed by atoms with Crippen LogP contribution in [0.3, 0.4) is 0 Å². The van der Waals surface area contributed by atoms with Gasteiger partial charge < -0.3 is 19.9 Å². The van der Waals surface area contributed by atoms with E-state index in [1.54, 1.807) is 17.3 Å². The topological polar surface area (TPSA) is 87.3 Å². The number of ether oxygens (including phenoxy) is 1. The van der Waals surface area contributed by atoms with Crippen molar-refractivity contribution in [3.8, 4) is 0 Å². The molecule has 3 rings (SSSR count). The number of halogens is 2. The van der Waals surface area contributed by atoms with Crippen LogP contribution in [-0.4, -0.2) is 46.6 Å². The van der Waals surface area contributed by atoms with Gasteiger partial charge in [0.15, 0.2) is 0 Å². The number of imidazole rings is 1. The summed E-state index contributed by atoms with van der Waals surface area (Å²) in [6.45, 7) is 4.21. The molecule has 156 valence electrons. The maximum Gasteiger partial charge on any atom is 0.328 e. The minimum atomic E-state index is -0.768. The Balaban J connectivity index is 1.94. The minimum Gasteiger partial charge on any atom is -0.467 e. The van der Waals surface area contributed by atoms with E-state index >= 15 is 0 Å². The highest BCUT2D eigenvalue weighted by Gasteiger charge is 2.37. The van der Waals surface area contributed by atoms with Gasteiger partial charge in [-0.2, -0.15) is 0 Å². The number of benzene rings is 1. The van der Waals surface area contributed by atoms with Gasteiger partial charge in [-0.15, -0.1) is 0 Å². The molecule has 1 aliphatic heterocycles. The van der Waals surface area contributed by atoms with Gasteiger partial charge in [-0.25, -0.2) is 19.0 Å². The minimum absolute atomic E-state index is 0.0300. The zero-order valence-corrected chi connectivity index (χ0v) is 17.3. The van der Waals surface area contributed by atoms with Gasteiger partial charge in [0.25, 0.3) is 0 Å². The zero-order chi connectivity index (χ0) is 21.1. The van der Waals surface area contributed by atoms with E-state index in [0.717, 1.165) is 5.69 Å². The number of aromatic amines is 1. The molecule has 0 radical (unpaired) electrons. The Morgan fingerprint density at radius 3 is 2.90 bits per heavy atom. The maximum absolute atomic E-state index is 13.7. The van der Waals surface area contributed by atoms with Gasteiger partial charge in [0.1, 0.15) is 17.9 Å². The van der Waals surface area contributed by atoms with E-state index in [2.05, 4.69) is 15.3 Å². The Bertz CT molecular complexity index is 904. The molecule has 0 aliphatic carbocycles. The van der Waals surface area contributed by atoms with E-state index in [9.17, 15) is 14.0 Å². The predicted molar refractivity (Wildman–Crippen MR) is 106 cm³/mol. The molecule has 0 bridgehead atoms. The van der Waals surface area contributed by atoms with E-state index in [1.165, 1.54) is 19.2 Å². The largest absolute Gasteiger partial charge is 0.467 e. The predicted octanol–water partition coefficient (Wildman–Crippen LogP) is 3.45. The molecule has 2 heterocycles. The summed E-state index contributed by atoms with van der Waals surface area (Å²) in [6.07, 6.45) is 2.85. The van der Waals surface area contributed by atoms with Gasteiger partial charge in [0.05, 0.1) is 24.2 Å². The van der Waals surface area contributed by atoms with E-state index < -0.39 is 29.9 Å². The molecule has 7 nitrogen and oxygen atoms in total. The maximum atomic E-state index is 13.7. The van der Waals surface area contributed by atoms with Gasteiger partial charge in [0, 0.05) is 18.7 Å². The summed E-state index contributed by atoms with van der Waals surface area (Å²) in [4.78, 5) is 34.4. The summed E-state index contributed by atoms with van der Waals surface area (Å²) in [5.74, 6) is -1.13. The number of nitrogens with one attached hydrogen (secondary N) is 2.